The van der Waals surface area contributed by atoms with Gasteiger partial charge in [-0.1, -0.05) is 64.6 Å². The highest BCUT2D eigenvalue weighted by Crippen LogP contribution is 2.52. The first kappa shape index (κ1) is 22.0. The second kappa shape index (κ2) is 7.87. The largest absolute Gasteiger partial charge is 0.508 e. The average molecular weight is 494 g/mol. The summed E-state index contributed by atoms with van der Waals surface area (Å²) in [7, 11) is -5.14. The Morgan fingerprint density at radius 1 is 0.690 bits per heavy atom. The Morgan fingerprint density at radius 2 is 1.28 bits per heavy atom. The number of rotatable bonds is 4. The van der Waals surface area contributed by atoms with E-state index in [1.54, 1.807) is 0 Å². The number of phenols is 2. The van der Waals surface area contributed by atoms with Crippen LogP contribution in [0.2, 0.25) is 20.1 Å². The Bertz CT molecular complexity index is 1210. The van der Waals surface area contributed by atoms with Gasteiger partial charge in [-0.25, -0.2) is 0 Å². The number of hydrogen-bond acceptors (Lipinski definition) is 4. The lowest BCUT2D eigenvalue weighted by atomic mass is 9.83. The van der Waals surface area contributed by atoms with Crippen molar-refractivity contribution in [2.24, 2.45) is 0 Å². The van der Waals surface area contributed by atoms with Crippen LogP contribution in [0.3, 0.4) is 0 Å². The van der Waals surface area contributed by atoms with Crippen LogP contribution in [0.25, 0.3) is 0 Å². The van der Waals surface area contributed by atoms with E-state index >= 15 is 0 Å². The zero-order valence-corrected chi connectivity index (χ0v) is 18.1. The van der Waals surface area contributed by atoms with Crippen LogP contribution in [0.5, 0.6) is 11.5 Å². The molecule has 3 rings (SSSR count). The molecule has 0 saturated carbocycles. The monoisotopic (exact) mass is 492 g/mol. The molecule has 1 atom stereocenters. The molecular formula is C19H12Cl4O5S. The molecule has 0 spiro atoms. The zero-order chi connectivity index (χ0) is 21.6. The Hall–Kier alpha value is -1.67. The normalized spacial score (nSPS) is 13.8. The fourth-order valence-electron chi connectivity index (χ4n) is 3.20. The van der Waals surface area contributed by atoms with Crippen LogP contribution in [0, 0.1) is 0 Å². The lowest BCUT2D eigenvalue weighted by Crippen LogP contribution is -2.39. The lowest BCUT2D eigenvalue weighted by Gasteiger charge is -2.34. The van der Waals surface area contributed by atoms with Crippen molar-refractivity contribution in [3.63, 3.8) is 0 Å². The van der Waals surface area contributed by atoms with Crippen molar-refractivity contribution in [3.8, 4) is 11.5 Å². The molecule has 0 amide bonds. The fourth-order valence-corrected chi connectivity index (χ4v) is 5.60. The molecule has 0 aromatic heterocycles. The Kier molecular flexibility index (Phi) is 5.98. The van der Waals surface area contributed by atoms with Crippen LogP contribution in [0.1, 0.15) is 16.7 Å². The van der Waals surface area contributed by atoms with Crippen molar-refractivity contribution in [1.82, 2.24) is 0 Å². The minimum Gasteiger partial charge on any atom is -0.508 e. The van der Waals surface area contributed by atoms with Crippen molar-refractivity contribution < 1.29 is 23.2 Å². The first-order valence-electron chi connectivity index (χ1n) is 7.89. The predicted molar refractivity (Wildman–Crippen MR) is 114 cm³/mol. The van der Waals surface area contributed by atoms with Crippen molar-refractivity contribution in [1.29, 1.82) is 0 Å². The summed E-state index contributed by atoms with van der Waals surface area (Å²) in [5, 5.41) is 20.3. The standard InChI is InChI=1S/C19H12Cl4O5S/c20-14-6-5-10(24)7-12(14)19(29(26,27)28,11-3-1-2-4-18(11)25)13-8-16(22)17(23)9-15(13)21/h1-9,24-25H,(H,26,27,28). The first-order chi connectivity index (χ1) is 13.5. The molecule has 0 aliphatic heterocycles. The molecule has 3 aromatic rings. The summed E-state index contributed by atoms with van der Waals surface area (Å²) >= 11 is 24.7. The van der Waals surface area contributed by atoms with E-state index in [0.29, 0.717) is 0 Å². The third-order valence-corrected chi connectivity index (χ3v) is 7.19. The van der Waals surface area contributed by atoms with Crippen molar-refractivity contribution in [2.45, 2.75) is 4.75 Å². The summed E-state index contributed by atoms with van der Waals surface area (Å²) in [6.07, 6.45) is 0. The average Bonchev–Trinajstić information content (AvgIpc) is 2.63. The summed E-state index contributed by atoms with van der Waals surface area (Å²) in [5.41, 5.74) is -0.719. The van der Waals surface area contributed by atoms with Gasteiger partial charge in [0.15, 0.2) is 4.75 Å². The Labute approximate surface area is 186 Å². The van der Waals surface area contributed by atoms with Crippen LogP contribution in [0.15, 0.2) is 54.6 Å². The van der Waals surface area contributed by atoms with Gasteiger partial charge >= 0.3 is 0 Å². The van der Waals surface area contributed by atoms with Gasteiger partial charge in [0.1, 0.15) is 11.5 Å². The van der Waals surface area contributed by atoms with E-state index in [0.717, 1.165) is 12.1 Å². The second-order valence-corrected chi connectivity index (χ2v) is 9.28. The molecule has 29 heavy (non-hydrogen) atoms. The molecule has 0 aliphatic carbocycles. The van der Waals surface area contributed by atoms with E-state index in [2.05, 4.69) is 0 Å². The van der Waals surface area contributed by atoms with Gasteiger partial charge < -0.3 is 10.2 Å². The maximum atomic E-state index is 13.0. The first-order valence-corrected chi connectivity index (χ1v) is 10.8. The molecule has 0 radical (unpaired) electrons. The van der Waals surface area contributed by atoms with Crippen LogP contribution in [0.4, 0.5) is 0 Å². The molecule has 0 heterocycles. The van der Waals surface area contributed by atoms with Gasteiger partial charge in [0.2, 0.25) is 0 Å². The van der Waals surface area contributed by atoms with Crippen LogP contribution < -0.4 is 0 Å². The topological polar surface area (TPSA) is 94.8 Å². The maximum Gasteiger partial charge on any atom is 0.283 e. The fraction of sp³-hybridized carbons (Fsp3) is 0.0526. The van der Waals surface area contributed by atoms with Crippen LogP contribution in [-0.2, 0) is 14.9 Å². The van der Waals surface area contributed by atoms with Crippen molar-refractivity contribution in [2.75, 3.05) is 0 Å². The highest BCUT2D eigenvalue weighted by Gasteiger charge is 2.52. The predicted octanol–water partition coefficient (Wildman–Crippen LogP) is 5.89. The Morgan fingerprint density at radius 3 is 1.90 bits per heavy atom. The molecule has 10 heteroatoms. The number of hydrogen-bond donors (Lipinski definition) is 3. The zero-order valence-electron chi connectivity index (χ0n) is 14.3. The molecule has 0 saturated heterocycles. The number of halogens is 4. The van der Waals surface area contributed by atoms with Crippen LogP contribution in [-0.4, -0.2) is 23.2 Å². The number of benzene rings is 3. The molecule has 3 N–H and O–H groups in total. The summed E-state index contributed by atoms with van der Waals surface area (Å²) < 4.78 is 33.9. The highest BCUT2D eigenvalue weighted by atomic mass is 35.5. The van der Waals surface area contributed by atoms with Gasteiger partial charge in [-0.15, -0.1) is 0 Å². The van der Waals surface area contributed by atoms with Gasteiger partial charge in [0.25, 0.3) is 10.1 Å². The molecular weight excluding hydrogens is 482 g/mol. The van der Waals surface area contributed by atoms with E-state index in [9.17, 15) is 23.2 Å². The molecule has 0 aliphatic rings. The van der Waals surface area contributed by atoms with E-state index in [-0.39, 0.29) is 42.5 Å². The lowest BCUT2D eigenvalue weighted by molar-refractivity contribution is 0.439. The maximum absolute atomic E-state index is 13.0. The van der Waals surface area contributed by atoms with Crippen LogP contribution >= 0.6 is 46.4 Å². The Balaban J connectivity index is 2.66. The van der Waals surface area contributed by atoms with Gasteiger partial charge in [-0.2, -0.15) is 8.42 Å². The molecule has 152 valence electrons. The number of phenolic OH excluding ortho intramolecular Hbond substituents is 2. The molecule has 1 unspecified atom stereocenters. The SMILES string of the molecule is O=S(=O)(O)C(c1ccccc1O)(c1cc(O)ccc1Cl)c1cc(Cl)c(Cl)cc1Cl. The summed E-state index contributed by atoms with van der Waals surface area (Å²) in [6, 6.07) is 11.3. The third kappa shape index (κ3) is 3.65. The number of para-hydroxylation sites is 1. The molecule has 0 fully saturated rings. The smallest absolute Gasteiger partial charge is 0.283 e. The summed E-state index contributed by atoms with van der Waals surface area (Å²) in [6.45, 7) is 0. The molecule has 3 aromatic carbocycles. The minimum absolute atomic E-state index is 0.0453. The second-order valence-electron chi connectivity index (χ2n) is 6.08. The third-order valence-electron chi connectivity index (χ3n) is 4.39. The van der Waals surface area contributed by atoms with Crippen molar-refractivity contribution in [3.05, 3.63) is 91.4 Å². The molecule has 0 bridgehead atoms. The van der Waals surface area contributed by atoms with Gasteiger partial charge in [0.05, 0.1) is 10.0 Å². The van der Waals surface area contributed by atoms with E-state index in [1.807, 2.05) is 0 Å². The summed E-state index contributed by atoms with van der Waals surface area (Å²) in [4.78, 5) is 0. The van der Waals surface area contributed by atoms with E-state index in [1.165, 1.54) is 42.5 Å². The number of aromatic hydroxyl groups is 2. The van der Waals surface area contributed by atoms with Gasteiger partial charge in [-0.3, -0.25) is 4.55 Å². The van der Waals surface area contributed by atoms with Gasteiger partial charge in [-0.05, 0) is 36.4 Å². The minimum atomic E-state index is -5.14. The molecule has 5 nitrogen and oxygen atoms in total. The van der Waals surface area contributed by atoms with E-state index < -0.39 is 20.6 Å². The summed E-state index contributed by atoms with van der Waals surface area (Å²) in [5.74, 6) is -0.796. The quantitative estimate of drug-likeness (QED) is 0.239. The highest BCUT2D eigenvalue weighted by molar-refractivity contribution is 7.87. The van der Waals surface area contributed by atoms with E-state index in [4.69, 9.17) is 46.4 Å². The van der Waals surface area contributed by atoms with Gasteiger partial charge in [0, 0.05) is 26.7 Å². The van der Waals surface area contributed by atoms with Crippen molar-refractivity contribution >= 4 is 56.5 Å².